The van der Waals surface area contributed by atoms with Crippen LogP contribution >= 0.6 is 0 Å². The molecule has 1 fully saturated rings. The van der Waals surface area contributed by atoms with Gasteiger partial charge in [0.1, 0.15) is 0 Å². The molecule has 1 aliphatic heterocycles. The first-order valence-electron chi connectivity index (χ1n) is 8.42. The maximum atomic E-state index is 11.6. The van der Waals surface area contributed by atoms with Crippen LogP contribution in [0, 0.1) is 0 Å². The molecule has 126 valence electrons. The van der Waals surface area contributed by atoms with Gasteiger partial charge in [-0.2, -0.15) is 0 Å². The molecule has 1 N–H and O–H groups in total. The van der Waals surface area contributed by atoms with Crippen molar-refractivity contribution in [3.8, 4) is 0 Å². The molecular formula is C19H24N4O. The summed E-state index contributed by atoms with van der Waals surface area (Å²) < 4.78 is 0. The number of hydrogen-bond donors (Lipinski definition) is 1. The number of anilines is 1. The van der Waals surface area contributed by atoms with Crippen molar-refractivity contribution in [3.05, 3.63) is 48.9 Å². The zero-order chi connectivity index (χ0) is 17.1. The molecule has 0 radical (unpaired) electrons. The van der Waals surface area contributed by atoms with E-state index >= 15 is 0 Å². The summed E-state index contributed by atoms with van der Waals surface area (Å²) in [5.41, 5.74) is 1.97. The number of hydrogen-bond acceptors (Lipinski definition) is 4. The van der Waals surface area contributed by atoms with E-state index in [9.17, 15) is 4.79 Å². The molecule has 1 unspecified atom stereocenters. The molecule has 1 amide bonds. The molecule has 2 heterocycles. The molecule has 1 saturated heterocycles. The van der Waals surface area contributed by atoms with Crippen molar-refractivity contribution < 1.29 is 4.79 Å². The first kappa shape index (κ1) is 16.3. The Balaban J connectivity index is 1.77. The summed E-state index contributed by atoms with van der Waals surface area (Å²) >= 11 is 0. The minimum atomic E-state index is 0.145. The van der Waals surface area contributed by atoms with Gasteiger partial charge in [0.15, 0.2) is 0 Å². The van der Waals surface area contributed by atoms with Gasteiger partial charge in [-0.25, -0.2) is 0 Å². The molecule has 24 heavy (non-hydrogen) atoms. The van der Waals surface area contributed by atoms with Crippen molar-refractivity contribution >= 4 is 22.5 Å². The number of piperazine rings is 1. The Labute approximate surface area is 143 Å². The van der Waals surface area contributed by atoms with Gasteiger partial charge in [0.05, 0.1) is 11.3 Å². The second-order valence-electron chi connectivity index (χ2n) is 6.17. The Morgan fingerprint density at radius 3 is 2.92 bits per heavy atom. The number of aromatic nitrogens is 1. The molecule has 1 atom stereocenters. The van der Waals surface area contributed by atoms with Crippen molar-refractivity contribution in [2.24, 2.45) is 0 Å². The van der Waals surface area contributed by atoms with Gasteiger partial charge in [-0.1, -0.05) is 19.6 Å². The number of pyridine rings is 1. The van der Waals surface area contributed by atoms with Crippen LogP contribution in [0.5, 0.6) is 0 Å². The third-order valence-electron chi connectivity index (χ3n) is 4.67. The van der Waals surface area contributed by atoms with Crippen molar-refractivity contribution in [2.45, 2.75) is 26.3 Å². The third-order valence-corrected chi connectivity index (χ3v) is 4.67. The number of benzene rings is 1. The molecule has 0 bridgehead atoms. The van der Waals surface area contributed by atoms with Gasteiger partial charge in [0.2, 0.25) is 5.91 Å². The van der Waals surface area contributed by atoms with Gasteiger partial charge in [0.25, 0.3) is 0 Å². The maximum Gasteiger partial charge on any atom is 0.219 e. The first-order valence-corrected chi connectivity index (χ1v) is 8.42. The first-order chi connectivity index (χ1) is 11.6. The van der Waals surface area contributed by atoms with Crippen LogP contribution in [-0.4, -0.2) is 46.4 Å². The van der Waals surface area contributed by atoms with E-state index in [0.29, 0.717) is 0 Å². The van der Waals surface area contributed by atoms with E-state index in [0.717, 1.165) is 48.5 Å². The van der Waals surface area contributed by atoms with E-state index < -0.39 is 0 Å². The van der Waals surface area contributed by atoms with Crippen LogP contribution in [0.3, 0.4) is 0 Å². The Morgan fingerprint density at radius 2 is 2.17 bits per heavy atom. The lowest BCUT2D eigenvalue weighted by atomic mass is 10.1. The quantitative estimate of drug-likeness (QED) is 0.939. The highest BCUT2D eigenvalue weighted by molar-refractivity contribution is 5.91. The Hall–Kier alpha value is -2.56. The number of amides is 1. The average Bonchev–Trinajstić information content (AvgIpc) is 2.61. The number of rotatable bonds is 4. The number of nitrogens with one attached hydrogen (secondary N) is 1. The van der Waals surface area contributed by atoms with Gasteiger partial charge in [0, 0.05) is 49.9 Å². The zero-order valence-electron chi connectivity index (χ0n) is 14.3. The van der Waals surface area contributed by atoms with E-state index in [1.54, 1.807) is 13.1 Å². The third kappa shape index (κ3) is 3.20. The summed E-state index contributed by atoms with van der Waals surface area (Å²) in [6.07, 6.45) is 2.77. The topological polar surface area (TPSA) is 48.5 Å². The van der Waals surface area contributed by atoms with Crippen LogP contribution < -0.4 is 5.32 Å². The Kier molecular flexibility index (Phi) is 4.69. The molecule has 1 aromatic heterocycles. The van der Waals surface area contributed by atoms with Gasteiger partial charge in [-0.15, -0.1) is 0 Å². The fourth-order valence-corrected chi connectivity index (χ4v) is 3.29. The van der Waals surface area contributed by atoms with Gasteiger partial charge < -0.3 is 15.1 Å². The molecular weight excluding hydrogens is 300 g/mol. The fraction of sp³-hybridized carbons (Fsp3) is 0.368. The SMILES string of the molecule is C=C(Nc1cccc2ncccc12)N1CCN(C(C)=O)CC1CC. The number of nitrogens with zero attached hydrogens (tertiary/aromatic N) is 3. The molecule has 2 aromatic rings. The van der Waals surface area contributed by atoms with Crippen LogP contribution in [0.25, 0.3) is 10.9 Å². The van der Waals surface area contributed by atoms with E-state index in [4.69, 9.17) is 0 Å². The molecule has 0 spiro atoms. The molecule has 1 aromatic carbocycles. The number of fused-ring (bicyclic) bond motifs is 1. The lowest BCUT2D eigenvalue weighted by molar-refractivity contribution is -0.131. The summed E-state index contributed by atoms with van der Waals surface area (Å²) in [6, 6.07) is 10.3. The van der Waals surface area contributed by atoms with Gasteiger partial charge in [-0.3, -0.25) is 9.78 Å². The lowest BCUT2D eigenvalue weighted by Crippen LogP contribution is -2.54. The summed E-state index contributed by atoms with van der Waals surface area (Å²) in [4.78, 5) is 20.2. The highest BCUT2D eigenvalue weighted by Gasteiger charge is 2.27. The monoisotopic (exact) mass is 324 g/mol. The van der Waals surface area contributed by atoms with Crippen molar-refractivity contribution in [3.63, 3.8) is 0 Å². The number of carbonyl (C=O) groups excluding carboxylic acids is 1. The Bertz CT molecular complexity index is 753. The number of carbonyl (C=O) groups is 1. The summed E-state index contributed by atoms with van der Waals surface area (Å²) in [5.74, 6) is 1.02. The van der Waals surface area contributed by atoms with Crippen molar-refractivity contribution in [1.82, 2.24) is 14.8 Å². The molecule has 5 nitrogen and oxygen atoms in total. The fourth-order valence-electron chi connectivity index (χ4n) is 3.29. The van der Waals surface area contributed by atoms with Crippen LogP contribution in [-0.2, 0) is 4.79 Å². The van der Waals surface area contributed by atoms with Crippen LogP contribution in [0.1, 0.15) is 20.3 Å². The van der Waals surface area contributed by atoms with E-state index in [2.05, 4.69) is 34.8 Å². The standard InChI is InChI=1S/C19H24N4O/c1-4-16-13-22(15(3)24)11-12-23(16)14(2)21-19-9-5-8-18-17(19)7-6-10-20-18/h5-10,16,21H,2,4,11-13H2,1,3H3. The van der Waals surface area contributed by atoms with Crippen LogP contribution in [0.15, 0.2) is 48.9 Å². The average molecular weight is 324 g/mol. The normalized spacial score (nSPS) is 17.8. The zero-order valence-corrected chi connectivity index (χ0v) is 14.3. The van der Waals surface area contributed by atoms with Gasteiger partial charge >= 0.3 is 0 Å². The summed E-state index contributed by atoms with van der Waals surface area (Å²) in [6.45, 7) is 10.3. The predicted octanol–water partition coefficient (Wildman–Crippen LogP) is 3.06. The van der Waals surface area contributed by atoms with Crippen LogP contribution in [0.2, 0.25) is 0 Å². The molecule has 0 aliphatic carbocycles. The minimum absolute atomic E-state index is 0.145. The highest BCUT2D eigenvalue weighted by Crippen LogP contribution is 2.25. The van der Waals surface area contributed by atoms with E-state index in [-0.39, 0.29) is 11.9 Å². The summed E-state index contributed by atoms with van der Waals surface area (Å²) in [5, 5.41) is 4.53. The van der Waals surface area contributed by atoms with Crippen molar-refractivity contribution in [1.29, 1.82) is 0 Å². The smallest absolute Gasteiger partial charge is 0.219 e. The minimum Gasteiger partial charge on any atom is -0.352 e. The molecule has 0 saturated carbocycles. The highest BCUT2D eigenvalue weighted by atomic mass is 16.2. The van der Waals surface area contributed by atoms with E-state index in [1.165, 1.54) is 0 Å². The Morgan fingerprint density at radius 1 is 1.33 bits per heavy atom. The lowest BCUT2D eigenvalue weighted by Gasteiger charge is -2.43. The molecule has 3 rings (SSSR count). The summed E-state index contributed by atoms with van der Waals surface area (Å²) in [7, 11) is 0. The maximum absolute atomic E-state index is 11.6. The second-order valence-corrected chi connectivity index (χ2v) is 6.17. The van der Waals surface area contributed by atoms with Crippen molar-refractivity contribution in [2.75, 3.05) is 25.0 Å². The molecule has 1 aliphatic rings. The van der Waals surface area contributed by atoms with E-state index in [1.807, 2.05) is 29.2 Å². The van der Waals surface area contributed by atoms with Gasteiger partial charge in [-0.05, 0) is 30.7 Å². The molecule has 5 heteroatoms. The second kappa shape index (κ2) is 6.91. The largest absolute Gasteiger partial charge is 0.352 e. The predicted molar refractivity (Wildman–Crippen MR) is 97.5 cm³/mol. The van der Waals surface area contributed by atoms with Crippen LogP contribution in [0.4, 0.5) is 5.69 Å².